The fraction of sp³-hybridized carbons (Fsp3) is 0.345. The van der Waals surface area contributed by atoms with Crippen molar-refractivity contribution in [3.8, 4) is 11.1 Å². The Kier molecular flexibility index (Phi) is 6.25. The van der Waals surface area contributed by atoms with Gasteiger partial charge in [-0.05, 0) is 65.9 Å². The zero-order chi connectivity index (χ0) is 23.6. The lowest BCUT2D eigenvalue weighted by Gasteiger charge is -2.30. The van der Waals surface area contributed by atoms with E-state index in [1.165, 1.54) is 22.2 Å². The van der Waals surface area contributed by atoms with E-state index in [-0.39, 0.29) is 0 Å². The third kappa shape index (κ3) is 4.82. The molecule has 1 aromatic heterocycles. The summed E-state index contributed by atoms with van der Waals surface area (Å²) < 4.78 is 2.32. The maximum atomic E-state index is 10.7. The van der Waals surface area contributed by atoms with Crippen molar-refractivity contribution >= 4 is 16.7 Å². The largest absolute Gasteiger partial charge is 0.390 e. The highest BCUT2D eigenvalue weighted by Crippen LogP contribution is 2.29. The molecule has 2 unspecified atom stereocenters. The molecule has 1 saturated heterocycles. The Labute approximate surface area is 206 Å². The first-order valence-electron chi connectivity index (χ1n) is 12.7. The zero-order valence-electron chi connectivity index (χ0n) is 20.0. The van der Waals surface area contributed by atoms with E-state index < -0.39 is 6.10 Å². The van der Waals surface area contributed by atoms with E-state index in [4.69, 9.17) is 0 Å². The van der Waals surface area contributed by atoms with E-state index in [1.807, 2.05) is 6.33 Å². The number of aliphatic hydroxyl groups excluding tert-OH is 1. The van der Waals surface area contributed by atoms with Gasteiger partial charge in [0, 0.05) is 44.5 Å². The summed E-state index contributed by atoms with van der Waals surface area (Å²) in [6.45, 7) is 5.19. The molecule has 3 N–H and O–H groups in total. The normalized spacial score (nSPS) is 19.1. The van der Waals surface area contributed by atoms with Crippen LogP contribution in [0.25, 0.3) is 22.2 Å². The fourth-order valence-electron chi connectivity index (χ4n) is 5.49. The second-order valence-corrected chi connectivity index (χ2v) is 9.87. The Hall–Kier alpha value is -3.19. The number of nitrogens with one attached hydrogen (secondary N) is 2. The number of rotatable bonds is 7. The molecule has 3 heterocycles. The Morgan fingerprint density at radius 3 is 2.80 bits per heavy atom. The maximum Gasteiger partial charge on any atom is 0.0961 e. The van der Waals surface area contributed by atoms with Crippen LogP contribution in [0.3, 0.4) is 0 Å². The minimum Gasteiger partial charge on any atom is -0.390 e. The average Bonchev–Trinajstić information content (AvgIpc) is 3.57. The van der Waals surface area contributed by atoms with E-state index in [9.17, 15) is 5.11 Å². The molecule has 6 heteroatoms. The molecule has 0 saturated carbocycles. The lowest BCUT2D eigenvalue weighted by Crippen LogP contribution is -2.39. The van der Waals surface area contributed by atoms with Crippen molar-refractivity contribution in [2.24, 2.45) is 0 Å². The van der Waals surface area contributed by atoms with E-state index in [0.717, 1.165) is 55.8 Å². The van der Waals surface area contributed by atoms with Gasteiger partial charge in [0.15, 0.2) is 0 Å². The van der Waals surface area contributed by atoms with Gasteiger partial charge >= 0.3 is 0 Å². The summed E-state index contributed by atoms with van der Waals surface area (Å²) in [5.74, 6) is 0. The summed E-state index contributed by atoms with van der Waals surface area (Å²) in [5, 5.41) is 17.6. The van der Waals surface area contributed by atoms with Crippen LogP contribution in [0.2, 0.25) is 0 Å². The summed E-state index contributed by atoms with van der Waals surface area (Å²) in [7, 11) is 0. The molecule has 2 atom stereocenters. The van der Waals surface area contributed by atoms with E-state index in [1.54, 1.807) is 0 Å². The number of hydrogen-bond donors (Lipinski definition) is 3. The van der Waals surface area contributed by atoms with Gasteiger partial charge < -0.3 is 20.3 Å². The molecule has 2 aliphatic heterocycles. The molecule has 6 rings (SSSR count). The number of β-amino-alcohol motifs (C(OH)–C–C–N with tert-alkyl or cyclic N) is 1. The minimum atomic E-state index is -0.422. The maximum absolute atomic E-state index is 10.7. The topological polar surface area (TPSA) is 65.3 Å². The molecule has 2 aliphatic rings. The first-order chi connectivity index (χ1) is 17.2. The smallest absolute Gasteiger partial charge is 0.0961 e. The Balaban J connectivity index is 1.11. The van der Waals surface area contributed by atoms with Crippen molar-refractivity contribution in [3.05, 3.63) is 84.2 Å². The lowest BCUT2D eigenvalue weighted by molar-refractivity contribution is 0.114. The molecule has 1 fully saturated rings. The highest BCUT2D eigenvalue weighted by Gasteiger charge is 2.19. The van der Waals surface area contributed by atoms with Crippen molar-refractivity contribution in [1.82, 2.24) is 19.8 Å². The van der Waals surface area contributed by atoms with Gasteiger partial charge in [0.2, 0.25) is 0 Å². The van der Waals surface area contributed by atoms with Gasteiger partial charge in [0.25, 0.3) is 0 Å². The molecule has 0 amide bonds. The molecule has 4 aromatic rings. The van der Waals surface area contributed by atoms with Crippen LogP contribution in [0.1, 0.15) is 23.6 Å². The van der Waals surface area contributed by atoms with E-state index in [0.29, 0.717) is 19.1 Å². The van der Waals surface area contributed by atoms with Crippen molar-refractivity contribution in [3.63, 3.8) is 0 Å². The second-order valence-electron chi connectivity index (χ2n) is 9.87. The van der Waals surface area contributed by atoms with Crippen molar-refractivity contribution < 1.29 is 5.11 Å². The summed E-state index contributed by atoms with van der Waals surface area (Å²) in [6.07, 6.45) is 3.75. The highest BCUT2D eigenvalue weighted by molar-refractivity contribution is 5.83. The predicted molar refractivity (Wildman–Crippen MR) is 142 cm³/mol. The molecular formula is C29H33N5O. The van der Waals surface area contributed by atoms with Gasteiger partial charge in [-0.25, -0.2) is 4.98 Å². The Bertz CT molecular complexity index is 1310. The SMILES string of the molecule is OC(CNc1cccc(-c2ccc3ncn(C4CCNC4)c3c2)c1)CN1CCc2ccccc2C1. The van der Waals surface area contributed by atoms with Gasteiger partial charge in [-0.15, -0.1) is 0 Å². The van der Waals surface area contributed by atoms with Gasteiger partial charge in [-0.1, -0.05) is 42.5 Å². The quantitative estimate of drug-likeness (QED) is 0.382. The van der Waals surface area contributed by atoms with Crippen molar-refractivity contribution in [2.45, 2.75) is 31.5 Å². The van der Waals surface area contributed by atoms with Gasteiger partial charge in [0.05, 0.1) is 23.5 Å². The van der Waals surface area contributed by atoms with Crippen LogP contribution < -0.4 is 10.6 Å². The van der Waals surface area contributed by atoms with Gasteiger partial charge in [0.1, 0.15) is 0 Å². The minimum absolute atomic E-state index is 0.422. The molecular weight excluding hydrogens is 434 g/mol. The number of hydrogen-bond acceptors (Lipinski definition) is 5. The lowest BCUT2D eigenvalue weighted by atomic mass is 10.00. The first kappa shape index (κ1) is 22.3. The standard InChI is InChI=1S/C29H33N5O/c35-27(19-33-13-11-21-4-1-2-5-24(21)18-33)17-31-25-7-3-6-22(14-25)23-8-9-28-29(15-23)34(20-32-28)26-10-12-30-16-26/h1-9,14-15,20,26-27,30-31,35H,10-13,16-19H2. The number of imidazole rings is 1. The molecule has 0 aliphatic carbocycles. The molecule has 6 nitrogen and oxygen atoms in total. The van der Waals surface area contributed by atoms with Crippen LogP contribution >= 0.6 is 0 Å². The zero-order valence-corrected chi connectivity index (χ0v) is 20.0. The van der Waals surface area contributed by atoms with Crippen LogP contribution in [0.5, 0.6) is 0 Å². The van der Waals surface area contributed by atoms with E-state index in [2.05, 4.69) is 91.8 Å². The van der Waals surface area contributed by atoms with Gasteiger partial charge in [-0.3, -0.25) is 4.90 Å². The highest BCUT2D eigenvalue weighted by atomic mass is 16.3. The monoisotopic (exact) mass is 467 g/mol. The van der Waals surface area contributed by atoms with Crippen LogP contribution in [-0.4, -0.2) is 58.4 Å². The molecule has 35 heavy (non-hydrogen) atoms. The summed E-state index contributed by atoms with van der Waals surface area (Å²) in [6, 6.07) is 24.1. The number of fused-ring (bicyclic) bond motifs is 2. The van der Waals surface area contributed by atoms with Crippen LogP contribution in [0.15, 0.2) is 73.1 Å². The van der Waals surface area contributed by atoms with Crippen LogP contribution in [0, 0.1) is 0 Å². The number of aromatic nitrogens is 2. The summed E-state index contributed by atoms with van der Waals surface area (Å²) >= 11 is 0. The second kappa shape index (κ2) is 9.82. The fourth-order valence-corrected chi connectivity index (χ4v) is 5.49. The predicted octanol–water partition coefficient (Wildman–Crippen LogP) is 4.07. The molecule has 3 aromatic carbocycles. The number of benzene rings is 3. The van der Waals surface area contributed by atoms with Crippen LogP contribution in [0.4, 0.5) is 5.69 Å². The Morgan fingerprint density at radius 1 is 1.03 bits per heavy atom. The van der Waals surface area contributed by atoms with Crippen molar-refractivity contribution in [2.75, 3.05) is 38.0 Å². The number of nitrogens with zero attached hydrogens (tertiary/aromatic N) is 3. The third-order valence-corrected chi connectivity index (χ3v) is 7.42. The van der Waals surface area contributed by atoms with Crippen LogP contribution in [-0.2, 0) is 13.0 Å². The number of aliphatic hydroxyl groups is 1. The number of anilines is 1. The van der Waals surface area contributed by atoms with E-state index >= 15 is 0 Å². The average molecular weight is 468 g/mol. The molecule has 180 valence electrons. The molecule has 0 bridgehead atoms. The van der Waals surface area contributed by atoms with Crippen molar-refractivity contribution in [1.29, 1.82) is 0 Å². The molecule has 0 radical (unpaired) electrons. The van der Waals surface area contributed by atoms with Gasteiger partial charge in [-0.2, -0.15) is 0 Å². The third-order valence-electron chi connectivity index (χ3n) is 7.42. The summed E-state index contributed by atoms with van der Waals surface area (Å²) in [4.78, 5) is 6.97. The molecule has 0 spiro atoms. The Morgan fingerprint density at radius 2 is 1.91 bits per heavy atom. The first-order valence-corrected chi connectivity index (χ1v) is 12.7. The summed E-state index contributed by atoms with van der Waals surface area (Å²) in [5.41, 5.74) is 8.42.